The van der Waals surface area contributed by atoms with Crippen molar-refractivity contribution in [3.05, 3.63) is 17.2 Å². The average Bonchev–Trinajstić information content (AvgIpc) is 2.91. The zero-order valence-corrected chi connectivity index (χ0v) is 11.6. The quantitative estimate of drug-likeness (QED) is 0.865. The molecule has 0 saturated carbocycles. The summed E-state index contributed by atoms with van der Waals surface area (Å²) in [5.74, 6) is 1.23. The van der Waals surface area contributed by atoms with Gasteiger partial charge in [0, 0.05) is 38.2 Å². The minimum absolute atomic E-state index is 0.0866. The van der Waals surface area contributed by atoms with Gasteiger partial charge in [-0.15, -0.1) is 0 Å². The lowest BCUT2D eigenvalue weighted by Gasteiger charge is -2.33. The van der Waals surface area contributed by atoms with Crippen molar-refractivity contribution in [2.24, 2.45) is 0 Å². The van der Waals surface area contributed by atoms with Gasteiger partial charge < -0.3 is 14.6 Å². The summed E-state index contributed by atoms with van der Waals surface area (Å²) < 4.78 is 8.32. The molecule has 3 heterocycles. The Hall–Kier alpha value is -0.870. The minimum atomic E-state index is 0.0866. The van der Waals surface area contributed by atoms with E-state index in [9.17, 15) is 0 Å². The summed E-state index contributed by atoms with van der Waals surface area (Å²) in [7, 11) is 0. The largest absolute Gasteiger partial charge is 0.376 e. The second-order valence-corrected chi connectivity index (χ2v) is 5.66. The normalized spacial score (nSPS) is 31.6. The third-order valence-corrected chi connectivity index (χ3v) is 4.64. The van der Waals surface area contributed by atoms with Gasteiger partial charge in [-0.3, -0.25) is 0 Å². The molecule has 0 amide bonds. The number of rotatable bonds is 2. The molecule has 1 saturated heterocycles. The molecular formula is C14H23N3O. The molecule has 4 nitrogen and oxygen atoms in total. The highest BCUT2D eigenvalue weighted by Crippen LogP contribution is 2.36. The Kier molecular flexibility index (Phi) is 2.94. The number of fused-ring (bicyclic) bond motifs is 1. The Balaban J connectivity index is 2.12. The lowest BCUT2D eigenvalue weighted by Crippen LogP contribution is -2.40. The Morgan fingerprint density at radius 1 is 1.56 bits per heavy atom. The van der Waals surface area contributed by atoms with Gasteiger partial charge in [-0.05, 0) is 20.3 Å². The fourth-order valence-corrected chi connectivity index (χ4v) is 3.33. The fraction of sp³-hybridized carbons (Fsp3) is 0.786. The van der Waals surface area contributed by atoms with E-state index in [1.807, 2.05) is 0 Å². The smallest absolute Gasteiger partial charge is 0.109 e. The van der Waals surface area contributed by atoms with Crippen molar-refractivity contribution in [2.75, 3.05) is 13.2 Å². The second kappa shape index (κ2) is 4.35. The Morgan fingerprint density at radius 2 is 2.39 bits per heavy atom. The van der Waals surface area contributed by atoms with Crippen molar-refractivity contribution in [1.29, 1.82) is 0 Å². The molecule has 0 bridgehead atoms. The third-order valence-electron chi connectivity index (χ3n) is 4.64. The van der Waals surface area contributed by atoms with E-state index in [4.69, 9.17) is 9.72 Å². The number of hydrogen-bond donors (Lipinski definition) is 1. The number of ether oxygens (including phenoxy) is 1. The van der Waals surface area contributed by atoms with Gasteiger partial charge in [-0.25, -0.2) is 4.98 Å². The van der Waals surface area contributed by atoms with Crippen molar-refractivity contribution in [3.63, 3.8) is 0 Å². The zero-order valence-electron chi connectivity index (χ0n) is 11.6. The van der Waals surface area contributed by atoms with E-state index < -0.39 is 0 Å². The Bertz CT molecular complexity index is 454. The highest BCUT2D eigenvalue weighted by Gasteiger charge is 2.42. The fourth-order valence-electron chi connectivity index (χ4n) is 3.33. The van der Waals surface area contributed by atoms with E-state index in [0.29, 0.717) is 0 Å². The van der Waals surface area contributed by atoms with Crippen molar-refractivity contribution in [2.45, 2.75) is 58.2 Å². The molecule has 1 aromatic heterocycles. The summed E-state index contributed by atoms with van der Waals surface area (Å²) in [4.78, 5) is 4.84. The van der Waals surface area contributed by atoms with Crippen LogP contribution in [0.25, 0.3) is 0 Å². The topological polar surface area (TPSA) is 39.1 Å². The molecule has 2 unspecified atom stereocenters. The molecule has 1 aromatic rings. The summed E-state index contributed by atoms with van der Waals surface area (Å²) in [6.07, 6.45) is 3.45. The Labute approximate surface area is 109 Å². The van der Waals surface area contributed by atoms with Gasteiger partial charge in [-0.2, -0.15) is 0 Å². The molecule has 1 N–H and O–H groups in total. The van der Waals surface area contributed by atoms with Gasteiger partial charge in [0.05, 0.1) is 17.3 Å². The molecule has 2 aliphatic heterocycles. The summed E-state index contributed by atoms with van der Waals surface area (Å²) in [6.45, 7) is 9.56. The predicted octanol–water partition coefficient (Wildman–Crippen LogP) is 1.62. The minimum Gasteiger partial charge on any atom is -0.376 e. The number of aromatic nitrogens is 2. The molecule has 100 valence electrons. The molecule has 18 heavy (non-hydrogen) atoms. The van der Waals surface area contributed by atoms with Gasteiger partial charge in [0.2, 0.25) is 0 Å². The standard InChI is InChI=1S/C14H23N3O/c1-4-13-16-11-9-15-7-5-12(11)17(13)14(3)6-8-18-10(14)2/h10,15H,4-9H2,1-3H3. The molecule has 1 fully saturated rings. The van der Waals surface area contributed by atoms with Crippen LogP contribution in [-0.2, 0) is 29.7 Å². The molecule has 2 aliphatic rings. The van der Waals surface area contributed by atoms with E-state index in [-0.39, 0.29) is 11.6 Å². The maximum Gasteiger partial charge on any atom is 0.109 e. The van der Waals surface area contributed by atoms with Crippen molar-refractivity contribution in [1.82, 2.24) is 14.9 Å². The molecule has 0 radical (unpaired) electrons. The van der Waals surface area contributed by atoms with Crippen LogP contribution in [0.1, 0.15) is 44.4 Å². The van der Waals surface area contributed by atoms with Crippen LogP contribution in [-0.4, -0.2) is 28.8 Å². The molecular weight excluding hydrogens is 226 g/mol. The van der Waals surface area contributed by atoms with Crippen molar-refractivity contribution >= 4 is 0 Å². The maximum atomic E-state index is 5.82. The highest BCUT2D eigenvalue weighted by molar-refractivity contribution is 5.23. The first-order chi connectivity index (χ1) is 8.66. The van der Waals surface area contributed by atoms with Crippen LogP contribution < -0.4 is 5.32 Å². The number of aryl methyl sites for hydroxylation is 1. The predicted molar refractivity (Wildman–Crippen MR) is 70.7 cm³/mol. The molecule has 2 atom stereocenters. The molecule has 3 rings (SSSR count). The van der Waals surface area contributed by atoms with E-state index in [1.165, 1.54) is 17.2 Å². The summed E-state index contributed by atoms with van der Waals surface area (Å²) in [5, 5.41) is 3.41. The van der Waals surface area contributed by atoms with Crippen LogP contribution in [0.4, 0.5) is 0 Å². The molecule has 0 aliphatic carbocycles. The van der Waals surface area contributed by atoms with E-state index in [2.05, 4.69) is 30.7 Å². The second-order valence-electron chi connectivity index (χ2n) is 5.66. The van der Waals surface area contributed by atoms with Gasteiger partial charge >= 0.3 is 0 Å². The lowest BCUT2D eigenvalue weighted by atomic mass is 9.93. The van der Waals surface area contributed by atoms with Crippen LogP contribution >= 0.6 is 0 Å². The van der Waals surface area contributed by atoms with Crippen LogP contribution in [0.15, 0.2) is 0 Å². The molecule has 4 heteroatoms. The number of nitrogens with zero attached hydrogens (tertiary/aromatic N) is 2. The number of imidazole rings is 1. The number of hydrogen-bond acceptors (Lipinski definition) is 3. The first-order valence-electron chi connectivity index (χ1n) is 7.09. The van der Waals surface area contributed by atoms with Gasteiger partial charge in [0.15, 0.2) is 0 Å². The SMILES string of the molecule is CCc1nc2c(n1C1(C)CCOC1C)CCNC2. The Morgan fingerprint density at radius 3 is 3.06 bits per heavy atom. The summed E-state index contributed by atoms with van der Waals surface area (Å²) in [6, 6.07) is 0. The van der Waals surface area contributed by atoms with Gasteiger partial charge in [0.25, 0.3) is 0 Å². The zero-order chi connectivity index (χ0) is 12.8. The summed E-state index contributed by atoms with van der Waals surface area (Å²) in [5.41, 5.74) is 2.77. The maximum absolute atomic E-state index is 5.82. The van der Waals surface area contributed by atoms with Gasteiger partial charge in [0.1, 0.15) is 5.82 Å². The van der Waals surface area contributed by atoms with E-state index in [1.54, 1.807) is 0 Å². The monoisotopic (exact) mass is 249 g/mol. The van der Waals surface area contributed by atoms with Crippen LogP contribution in [0.3, 0.4) is 0 Å². The first kappa shape index (κ1) is 12.2. The number of nitrogens with one attached hydrogen (secondary N) is 1. The third kappa shape index (κ3) is 1.62. The van der Waals surface area contributed by atoms with Crippen LogP contribution in [0.2, 0.25) is 0 Å². The van der Waals surface area contributed by atoms with Gasteiger partial charge in [-0.1, -0.05) is 6.92 Å². The van der Waals surface area contributed by atoms with Crippen LogP contribution in [0.5, 0.6) is 0 Å². The first-order valence-corrected chi connectivity index (χ1v) is 7.09. The van der Waals surface area contributed by atoms with E-state index >= 15 is 0 Å². The average molecular weight is 249 g/mol. The summed E-state index contributed by atoms with van der Waals surface area (Å²) >= 11 is 0. The highest BCUT2D eigenvalue weighted by atomic mass is 16.5. The lowest BCUT2D eigenvalue weighted by molar-refractivity contribution is 0.0735. The van der Waals surface area contributed by atoms with Crippen LogP contribution in [0, 0.1) is 0 Å². The molecule has 0 aromatic carbocycles. The molecule has 0 spiro atoms. The van der Waals surface area contributed by atoms with E-state index in [0.717, 1.165) is 39.0 Å². The van der Waals surface area contributed by atoms with Crippen molar-refractivity contribution in [3.8, 4) is 0 Å². The van der Waals surface area contributed by atoms with Crippen molar-refractivity contribution < 1.29 is 4.74 Å².